The highest BCUT2D eigenvalue weighted by molar-refractivity contribution is 8.01. The highest BCUT2D eigenvalue weighted by Crippen LogP contribution is 2.44. The van der Waals surface area contributed by atoms with Crippen molar-refractivity contribution in [3.63, 3.8) is 0 Å². The summed E-state index contributed by atoms with van der Waals surface area (Å²) in [5.74, 6) is 5.54. The van der Waals surface area contributed by atoms with Crippen LogP contribution in [0, 0.1) is 11.8 Å². The molecule has 1 heterocycles. The number of aliphatic hydroxyl groups excluding tert-OH is 1. The molecule has 1 unspecified atom stereocenters. The number of aliphatic hydroxyl groups is 2. The van der Waals surface area contributed by atoms with Crippen molar-refractivity contribution in [3.05, 3.63) is 24.3 Å². The van der Waals surface area contributed by atoms with E-state index in [9.17, 15) is 18.3 Å². The number of primary amides is 1. The molecule has 1 fully saturated rings. The minimum Gasteiger partial charge on any atom is -0.481 e. The van der Waals surface area contributed by atoms with Gasteiger partial charge in [-0.15, -0.1) is 11.8 Å². The average molecular weight is 457 g/mol. The van der Waals surface area contributed by atoms with E-state index in [1.165, 1.54) is 36.0 Å². The zero-order valence-electron chi connectivity index (χ0n) is 17.1. The van der Waals surface area contributed by atoms with Crippen LogP contribution >= 0.6 is 11.8 Å². The first-order valence-corrected chi connectivity index (χ1v) is 12.0. The number of hydrogen-bond acceptors (Lipinski definition) is 7. The van der Waals surface area contributed by atoms with Gasteiger partial charge in [0.05, 0.1) is 9.64 Å². The van der Waals surface area contributed by atoms with E-state index in [0.29, 0.717) is 24.3 Å². The Kier molecular flexibility index (Phi) is 8.19. The maximum Gasteiger partial charge on any atom is 0.267 e. The lowest BCUT2D eigenvalue weighted by Crippen LogP contribution is -2.71. The summed E-state index contributed by atoms with van der Waals surface area (Å²) in [7, 11) is -4.18. The smallest absolute Gasteiger partial charge is 0.267 e. The number of hydrogen-bond donors (Lipinski definition) is 3. The van der Waals surface area contributed by atoms with Gasteiger partial charge in [0.2, 0.25) is 15.7 Å². The molecule has 30 heavy (non-hydrogen) atoms. The van der Waals surface area contributed by atoms with Gasteiger partial charge in [0.15, 0.2) is 0 Å². The molecule has 1 aliphatic heterocycles. The van der Waals surface area contributed by atoms with E-state index in [0.717, 1.165) is 10.7 Å². The Labute approximate surface area is 181 Å². The fourth-order valence-electron chi connectivity index (χ4n) is 3.08. The van der Waals surface area contributed by atoms with Gasteiger partial charge in [0, 0.05) is 25.3 Å². The Morgan fingerprint density at radius 2 is 1.93 bits per heavy atom. The molecule has 1 atom stereocenters. The van der Waals surface area contributed by atoms with Crippen LogP contribution in [0.15, 0.2) is 29.2 Å². The number of benzene rings is 1. The third-order valence-electron chi connectivity index (χ3n) is 4.86. The van der Waals surface area contributed by atoms with E-state index in [1.807, 2.05) is 0 Å². The summed E-state index contributed by atoms with van der Waals surface area (Å²) in [5.41, 5.74) is 3.07. The summed E-state index contributed by atoms with van der Waals surface area (Å²) in [4.78, 5) is 12.0. The maximum absolute atomic E-state index is 13.2. The van der Waals surface area contributed by atoms with Gasteiger partial charge in [-0.25, -0.2) is 8.42 Å². The molecule has 10 heteroatoms. The number of rotatable bonds is 8. The van der Waals surface area contributed by atoms with Crippen LogP contribution in [0.25, 0.3) is 0 Å². The topological polar surface area (TPSA) is 130 Å². The zero-order chi connectivity index (χ0) is 22.4. The molecule has 1 saturated heterocycles. The second kappa shape index (κ2) is 10.0. The standard InChI is InChI=1S/C20H28N2O6S2/c1-19(2)20(25,18(21)24)22(12-15-29-19)30(26,27)17-10-8-16(9-11-17)28-14-7-5-3-4-6-13-23/h8-11,23,25H,3-4,6,12-15H2,1-2H3,(H2,21,24). The Bertz CT molecular complexity index is 905. The summed E-state index contributed by atoms with van der Waals surface area (Å²) in [6, 6.07) is 5.70. The average Bonchev–Trinajstić information content (AvgIpc) is 2.69. The third kappa shape index (κ3) is 5.10. The molecule has 166 valence electrons. The summed E-state index contributed by atoms with van der Waals surface area (Å²) >= 11 is 1.29. The molecular formula is C20H28N2O6S2. The van der Waals surface area contributed by atoms with Gasteiger partial charge in [0.1, 0.15) is 12.4 Å². The third-order valence-corrected chi connectivity index (χ3v) is 8.15. The summed E-state index contributed by atoms with van der Waals surface area (Å²) in [6.07, 6.45) is 2.21. The number of carbonyl (C=O) groups is 1. The van der Waals surface area contributed by atoms with Crippen LogP contribution < -0.4 is 10.5 Å². The van der Waals surface area contributed by atoms with Crippen molar-refractivity contribution in [1.29, 1.82) is 0 Å². The number of nitrogens with zero attached hydrogens (tertiary/aromatic N) is 1. The van der Waals surface area contributed by atoms with Crippen LogP contribution in [-0.4, -0.2) is 64.8 Å². The molecule has 0 radical (unpaired) electrons. The zero-order valence-corrected chi connectivity index (χ0v) is 18.8. The number of unbranched alkanes of at least 4 members (excludes halogenated alkanes) is 2. The lowest BCUT2D eigenvalue weighted by molar-refractivity contribution is -0.155. The van der Waals surface area contributed by atoms with Crippen LogP contribution in [0.1, 0.15) is 33.1 Å². The molecule has 1 amide bonds. The maximum atomic E-state index is 13.2. The van der Waals surface area contributed by atoms with Crippen molar-refractivity contribution in [2.24, 2.45) is 5.73 Å². The molecule has 1 aromatic rings. The van der Waals surface area contributed by atoms with Gasteiger partial charge >= 0.3 is 0 Å². The van der Waals surface area contributed by atoms with Crippen LogP contribution in [-0.2, 0) is 14.8 Å². The second-order valence-electron chi connectivity index (χ2n) is 7.27. The molecule has 0 aliphatic carbocycles. The van der Waals surface area contributed by atoms with E-state index in [4.69, 9.17) is 15.6 Å². The molecule has 1 aliphatic rings. The van der Waals surface area contributed by atoms with Crippen molar-refractivity contribution in [2.75, 3.05) is 25.5 Å². The van der Waals surface area contributed by atoms with Crippen LogP contribution in [0.5, 0.6) is 5.75 Å². The number of nitrogens with two attached hydrogens (primary N) is 1. The van der Waals surface area contributed by atoms with Crippen molar-refractivity contribution in [2.45, 2.75) is 48.5 Å². The number of carbonyl (C=O) groups excluding carboxylic acids is 1. The SMILES string of the molecule is CC1(C)SCCN(S(=O)(=O)c2ccc(OCC#CCCCCO)cc2)C1(O)C(N)=O. The summed E-state index contributed by atoms with van der Waals surface area (Å²) in [5, 5.41) is 19.7. The number of amides is 1. The number of sulfonamides is 1. The molecule has 0 saturated carbocycles. The molecule has 0 bridgehead atoms. The predicted octanol–water partition coefficient (Wildman–Crippen LogP) is 0.921. The van der Waals surface area contributed by atoms with Crippen molar-refractivity contribution < 1.29 is 28.2 Å². The lowest BCUT2D eigenvalue weighted by atomic mass is 9.97. The molecule has 2 rings (SSSR count). The minimum absolute atomic E-state index is 0.0417. The molecule has 8 nitrogen and oxygen atoms in total. The van der Waals surface area contributed by atoms with E-state index >= 15 is 0 Å². The first-order chi connectivity index (χ1) is 14.1. The van der Waals surface area contributed by atoms with E-state index < -0.39 is 26.4 Å². The van der Waals surface area contributed by atoms with Crippen LogP contribution in [0.4, 0.5) is 0 Å². The molecule has 0 spiro atoms. The fraction of sp³-hybridized carbons (Fsp3) is 0.550. The normalized spacial score (nSPS) is 21.5. The second-order valence-corrected chi connectivity index (χ2v) is 10.8. The molecule has 1 aromatic carbocycles. The highest BCUT2D eigenvalue weighted by atomic mass is 32.2. The van der Waals surface area contributed by atoms with Crippen LogP contribution in [0.2, 0.25) is 0 Å². The Balaban J connectivity index is 2.14. The summed E-state index contributed by atoms with van der Waals surface area (Å²) < 4.78 is 31.5. The van der Waals surface area contributed by atoms with Gasteiger partial charge in [0.25, 0.3) is 5.91 Å². The monoisotopic (exact) mass is 456 g/mol. The fourth-order valence-corrected chi connectivity index (χ4v) is 6.18. The van der Waals surface area contributed by atoms with Gasteiger partial charge in [-0.05, 0) is 51.0 Å². The van der Waals surface area contributed by atoms with E-state index in [2.05, 4.69) is 11.8 Å². The quantitative estimate of drug-likeness (QED) is 0.392. The van der Waals surface area contributed by atoms with E-state index in [-0.39, 0.29) is 24.7 Å². The number of thioether (sulfide) groups is 1. The van der Waals surface area contributed by atoms with E-state index in [1.54, 1.807) is 13.8 Å². The van der Waals surface area contributed by atoms with Crippen LogP contribution in [0.3, 0.4) is 0 Å². The largest absolute Gasteiger partial charge is 0.481 e. The molecule has 4 N–H and O–H groups in total. The van der Waals surface area contributed by atoms with Gasteiger partial charge in [-0.3, -0.25) is 4.79 Å². The van der Waals surface area contributed by atoms with Gasteiger partial charge < -0.3 is 20.7 Å². The first kappa shape index (κ1) is 24.5. The first-order valence-electron chi connectivity index (χ1n) is 9.56. The van der Waals surface area contributed by atoms with Crippen molar-refractivity contribution in [1.82, 2.24) is 4.31 Å². The Morgan fingerprint density at radius 1 is 1.27 bits per heavy atom. The molecular weight excluding hydrogens is 428 g/mol. The van der Waals surface area contributed by atoms with Gasteiger partial charge in [-0.1, -0.05) is 11.8 Å². The van der Waals surface area contributed by atoms with Crippen molar-refractivity contribution in [3.8, 4) is 17.6 Å². The molecule has 0 aromatic heterocycles. The number of ether oxygens (including phenoxy) is 1. The van der Waals surface area contributed by atoms with Gasteiger partial charge in [-0.2, -0.15) is 4.31 Å². The van der Waals surface area contributed by atoms with Crippen molar-refractivity contribution >= 4 is 27.7 Å². The highest BCUT2D eigenvalue weighted by Gasteiger charge is 2.59. The lowest BCUT2D eigenvalue weighted by Gasteiger charge is -2.49. The Hall–Kier alpha value is -1.77. The Morgan fingerprint density at radius 3 is 2.53 bits per heavy atom. The minimum atomic E-state index is -4.18. The predicted molar refractivity (Wildman–Crippen MR) is 115 cm³/mol. The summed E-state index contributed by atoms with van der Waals surface area (Å²) in [6.45, 7) is 3.44.